The predicted molar refractivity (Wildman–Crippen MR) is 105 cm³/mol. The van der Waals surface area contributed by atoms with Crippen molar-refractivity contribution in [1.29, 1.82) is 0 Å². The summed E-state index contributed by atoms with van der Waals surface area (Å²) < 4.78 is 9.29. The second kappa shape index (κ2) is 14.7. The maximum absolute atomic E-state index is 10.5. The van der Waals surface area contributed by atoms with E-state index >= 15 is 0 Å². The standard InChI is InChI=1S/C8H8.C7H12O2.C6H10O3/c1-2-8-6-4-3-5-7-8;1-5-6(8)9-7(2,3)4;1-5(2)6(8)9-4-3-7/h2-7H,1H2;5H,1H2,2-4H3;7H,1,3-4H2,2H3. The van der Waals surface area contributed by atoms with Crippen LogP contribution >= 0.6 is 0 Å². The fourth-order valence-electron chi connectivity index (χ4n) is 1.19. The SMILES string of the molecule is C=C(C)C(=O)OCCO.C=CC(=O)OC(C)(C)C.C=Cc1ccccc1. The molecule has 0 radical (unpaired) electrons. The van der Waals surface area contributed by atoms with E-state index in [9.17, 15) is 9.59 Å². The van der Waals surface area contributed by atoms with Crippen LogP contribution in [0.3, 0.4) is 0 Å². The van der Waals surface area contributed by atoms with Gasteiger partial charge in [-0.1, -0.05) is 56.1 Å². The first kappa shape index (κ1) is 25.6. The van der Waals surface area contributed by atoms with E-state index in [1.807, 2.05) is 57.2 Å². The van der Waals surface area contributed by atoms with Gasteiger partial charge in [0.2, 0.25) is 0 Å². The lowest BCUT2D eigenvalue weighted by atomic mass is 10.2. The Bertz CT molecular complexity index is 568. The van der Waals surface area contributed by atoms with Crippen LogP contribution in [-0.4, -0.2) is 35.9 Å². The maximum atomic E-state index is 10.5. The Morgan fingerprint density at radius 3 is 1.96 bits per heavy atom. The molecular weight excluding hydrogens is 332 g/mol. The van der Waals surface area contributed by atoms with Gasteiger partial charge in [0.15, 0.2) is 0 Å². The number of ether oxygens (including phenoxy) is 2. The Labute approximate surface area is 156 Å². The third kappa shape index (κ3) is 17.7. The highest BCUT2D eigenvalue weighted by Crippen LogP contribution is 2.06. The molecule has 0 unspecified atom stereocenters. The van der Waals surface area contributed by atoms with Crippen molar-refractivity contribution in [2.45, 2.75) is 33.3 Å². The predicted octanol–water partition coefficient (Wildman–Crippen LogP) is 3.94. The van der Waals surface area contributed by atoms with Crippen molar-refractivity contribution >= 4 is 18.0 Å². The van der Waals surface area contributed by atoms with E-state index in [0.29, 0.717) is 5.57 Å². The van der Waals surface area contributed by atoms with Gasteiger partial charge in [-0.2, -0.15) is 0 Å². The summed E-state index contributed by atoms with van der Waals surface area (Å²) in [6.07, 6.45) is 2.99. The van der Waals surface area contributed by atoms with Gasteiger partial charge in [0.25, 0.3) is 0 Å². The summed E-state index contributed by atoms with van der Waals surface area (Å²) in [6, 6.07) is 10.0. The topological polar surface area (TPSA) is 72.8 Å². The van der Waals surface area contributed by atoms with Gasteiger partial charge < -0.3 is 14.6 Å². The lowest BCUT2D eigenvalue weighted by molar-refractivity contribution is -0.148. The highest BCUT2D eigenvalue weighted by Gasteiger charge is 2.12. The molecule has 0 amide bonds. The third-order valence-electron chi connectivity index (χ3n) is 2.28. The highest BCUT2D eigenvalue weighted by atomic mass is 16.6. The molecule has 0 atom stereocenters. The van der Waals surface area contributed by atoms with Gasteiger partial charge in [-0.25, -0.2) is 9.59 Å². The zero-order chi connectivity index (χ0) is 20.6. The quantitative estimate of drug-likeness (QED) is 0.634. The Balaban J connectivity index is 0. The van der Waals surface area contributed by atoms with Crippen molar-refractivity contribution in [1.82, 2.24) is 0 Å². The average Bonchev–Trinajstić information content (AvgIpc) is 2.59. The average molecular weight is 362 g/mol. The molecule has 1 aromatic rings. The normalized spacial score (nSPS) is 9.27. The lowest BCUT2D eigenvalue weighted by Gasteiger charge is -2.17. The summed E-state index contributed by atoms with van der Waals surface area (Å²) in [5.74, 6) is -0.827. The molecule has 1 N–H and O–H groups in total. The molecule has 5 heteroatoms. The van der Waals surface area contributed by atoms with Crippen molar-refractivity contribution in [3.8, 4) is 0 Å². The number of rotatable bonds is 5. The Hall–Kier alpha value is -2.66. The minimum Gasteiger partial charge on any atom is -0.460 e. The van der Waals surface area contributed by atoms with Crippen LogP contribution in [0, 0.1) is 0 Å². The summed E-state index contributed by atoms with van der Waals surface area (Å²) >= 11 is 0. The van der Waals surface area contributed by atoms with E-state index < -0.39 is 11.6 Å². The number of aliphatic hydroxyl groups excluding tert-OH is 1. The first-order chi connectivity index (χ1) is 12.1. The fourth-order valence-corrected chi connectivity index (χ4v) is 1.19. The van der Waals surface area contributed by atoms with E-state index in [-0.39, 0.29) is 19.2 Å². The van der Waals surface area contributed by atoms with Crippen LogP contribution in [0.25, 0.3) is 6.08 Å². The van der Waals surface area contributed by atoms with E-state index in [1.54, 1.807) is 6.92 Å². The molecule has 26 heavy (non-hydrogen) atoms. The summed E-state index contributed by atoms with van der Waals surface area (Å²) in [5, 5.41) is 8.19. The molecule has 0 bridgehead atoms. The lowest BCUT2D eigenvalue weighted by Crippen LogP contribution is -2.22. The minimum absolute atomic E-state index is 0.0473. The van der Waals surface area contributed by atoms with Crippen molar-refractivity contribution in [2.24, 2.45) is 0 Å². The number of hydrogen-bond donors (Lipinski definition) is 1. The van der Waals surface area contributed by atoms with Gasteiger partial charge in [-0.15, -0.1) is 0 Å². The summed E-state index contributed by atoms with van der Waals surface area (Å²) in [7, 11) is 0. The van der Waals surface area contributed by atoms with Crippen LogP contribution in [0.5, 0.6) is 0 Å². The molecule has 1 rings (SSSR count). The molecule has 144 valence electrons. The van der Waals surface area contributed by atoms with Crippen LogP contribution < -0.4 is 0 Å². The van der Waals surface area contributed by atoms with Crippen LogP contribution in [0.1, 0.15) is 33.3 Å². The zero-order valence-electron chi connectivity index (χ0n) is 16.2. The molecule has 0 fully saturated rings. The molecular formula is C21H30O5. The number of carbonyl (C=O) groups is 2. The number of hydrogen-bond acceptors (Lipinski definition) is 5. The summed E-state index contributed by atoms with van der Waals surface area (Å²) in [5.41, 5.74) is 1.13. The van der Waals surface area contributed by atoms with Gasteiger partial charge in [0.1, 0.15) is 12.2 Å². The Morgan fingerprint density at radius 2 is 1.69 bits per heavy atom. The Morgan fingerprint density at radius 1 is 1.15 bits per heavy atom. The molecule has 0 heterocycles. The highest BCUT2D eigenvalue weighted by molar-refractivity contribution is 5.86. The van der Waals surface area contributed by atoms with Crippen LogP contribution in [0.2, 0.25) is 0 Å². The van der Waals surface area contributed by atoms with E-state index in [1.165, 1.54) is 5.56 Å². The maximum Gasteiger partial charge on any atom is 0.333 e. The Kier molecular flexibility index (Phi) is 14.4. The van der Waals surface area contributed by atoms with Crippen molar-refractivity contribution in [3.63, 3.8) is 0 Å². The van der Waals surface area contributed by atoms with Gasteiger partial charge in [-0.05, 0) is 33.3 Å². The smallest absolute Gasteiger partial charge is 0.333 e. The zero-order valence-corrected chi connectivity index (χ0v) is 16.2. The second-order valence-electron chi connectivity index (χ2n) is 5.99. The van der Waals surface area contributed by atoms with E-state index in [2.05, 4.69) is 24.5 Å². The summed E-state index contributed by atoms with van der Waals surface area (Å²) in [4.78, 5) is 21.0. The van der Waals surface area contributed by atoms with Gasteiger partial charge in [0.05, 0.1) is 6.61 Å². The van der Waals surface area contributed by atoms with Crippen molar-refractivity contribution < 1.29 is 24.2 Å². The molecule has 0 spiro atoms. The molecule has 0 saturated carbocycles. The summed E-state index contributed by atoms with van der Waals surface area (Å²) in [6.45, 7) is 17.2. The molecule has 0 aliphatic rings. The molecule has 1 aromatic carbocycles. The van der Waals surface area contributed by atoms with Crippen LogP contribution in [-0.2, 0) is 19.1 Å². The first-order valence-corrected chi connectivity index (χ1v) is 8.03. The number of aliphatic hydroxyl groups is 1. The van der Waals surface area contributed by atoms with Gasteiger partial charge >= 0.3 is 11.9 Å². The van der Waals surface area contributed by atoms with Gasteiger partial charge in [-0.3, -0.25) is 0 Å². The van der Waals surface area contributed by atoms with Crippen molar-refractivity contribution in [3.05, 3.63) is 67.3 Å². The second-order valence-corrected chi connectivity index (χ2v) is 5.99. The largest absolute Gasteiger partial charge is 0.460 e. The third-order valence-corrected chi connectivity index (χ3v) is 2.28. The van der Waals surface area contributed by atoms with Crippen LogP contribution in [0.15, 0.2) is 61.7 Å². The first-order valence-electron chi connectivity index (χ1n) is 8.03. The number of benzene rings is 1. The molecule has 0 saturated heterocycles. The van der Waals surface area contributed by atoms with E-state index in [4.69, 9.17) is 9.84 Å². The van der Waals surface area contributed by atoms with E-state index in [0.717, 1.165) is 6.08 Å². The van der Waals surface area contributed by atoms with Crippen molar-refractivity contribution in [2.75, 3.05) is 13.2 Å². The molecule has 0 aliphatic carbocycles. The van der Waals surface area contributed by atoms with Gasteiger partial charge in [0, 0.05) is 11.6 Å². The number of carbonyl (C=O) groups excluding carboxylic acids is 2. The fraction of sp³-hybridized carbons (Fsp3) is 0.333. The number of esters is 2. The molecule has 0 aliphatic heterocycles. The molecule has 0 aromatic heterocycles. The van der Waals surface area contributed by atoms with Crippen LogP contribution in [0.4, 0.5) is 0 Å². The molecule has 5 nitrogen and oxygen atoms in total. The monoisotopic (exact) mass is 362 g/mol. The minimum atomic E-state index is -0.455.